The molecule has 2 aromatic rings. The summed E-state index contributed by atoms with van der Waals surface area (Å²) in [5, 5.41) is 5.68. The standard InChI is InChI=1S/C18H19N3O4/c1-3-24-18-13(5-4-8-19-18)17(23)20-11(2)12-6-7-15-14(9-12)21-16(22)10-25-15/h4-9,11H,3,10H2,1-2H3,(H,20,23)(H,21,22). The Bertz CT molecular complexity index is 807. The van der Waals surface area contributed by atoms with Gasteiger partial charge in [0.1, 0.15) is 11.3 Å². The number of ether oxygens (including phenoxy) is 2. The number of carbonyl (C=O) groups excluding carboxylic acids is 2. The Morgan fingerprint density at radius 1 is 1.44 bits per heavy atom. The van der Waals surface area contributed by atoms with Gasteiger partial charge in [-0.3, -0.25) is 9.59 Å². The van der Waals surface area contributed by atoms with Crippen molar-refractivity contribution in [3.63, 3.8) is 0 Å². The largest absolute Gasteiger partial charge is 0.482 e. The predicted octanol–water partition coefficient (Wildman–Crippen LogP) is 2.30. The van der Waals surface area contributed by atoms with Crippen molar-refractivity contribution in [1.29, 1.82) is 0 Å². The number of nitrogens with zero attached hydrogens (tertiary/aromatic N) is 1. The van der Waals surface area contributed by atoms with Crippen molar-refractivity contribution in [2.75, 3.05) is 18.5 Å². The van der Waals surface area contributed by atoms with Crippen LogP contribution in [0.4, 0.5) is 5.69 Å². The summed E-state index contributed by atoms with van der Waals surface area (Å²) in [4.78, 5) is 28.1. The highest BCUT2D eigenvalue weighted by atomic mass is 16.5. The molecule has 7 heteroatoms. The maximum absolute atomic E-state index is 12.5. The Balaban J connectivity index is 1.76. The minimum Gasteiger partial charge on any atom is -0.482 e. The number of hydrogen-bond acceptors (Lipinski definition) is 5. The lowest BCUT2D eigenvalue weighted by Crippen LogP contribution is -2.28. The highest BCUT2D eigenvalue weighted by molar-refractivity contribution is 5.97. The van der Waals surface area contributed by atoms with Crippen molar-refractivity contribution in [2.45, 2.75) is 19.9 Å². The van der Waals surface area contributed by atoms with Crippen molar-refractivity contribution in [1.82, 2.24) is 10.3 Å². The molecule has 0 fully saturated rings. The van der Waals surface area contributed by atoms with Gasteiger partial charge < -0.3 is 20.1 Å². The van der Waals surface area contributed by atoms with Crippen LogP contribution >= 0.6 is 0 Å². The zero-order valence-corrected chi connectivity index (χ0v) is 14.0. The van der Waals surface area contributed by atoms with Crippen LogP contribution in [0.15, 0.2) is 36.5 Å². The van der Waals surface area contributed by atoms with E-state index in [-0.39, 0.29) is 24.5 Å². The fraction of sp³-hybridized carbons (Fsp3) is 0.278. The van der Waals surface area contributed by atoms with Gasteiger partial charge in [0.05, 0.1) is 18.3 Å². The molecular weight excluding hydrogens is 322 g/mol. The van der Waals surface area contributed by atoms with E-state index in [4.69, 9.17) is 9.47 Å². The molecule has 1 atom stereocenters. The highest BCUT2D eigenvalue weighted by Gasteiger charge is 2.20. The summed E-state index contributed by atoms with van der Waals surface area (Å²) in [5.41, 5.74) is 1.83. The maximum Gasteiger partial charge on any atom is 0.262 e. The number of anilines is 1. The molecule has 1 aromatic heterocycles. The smallest absolute Gasteiger partial charge is 0.262 e. The molecule has 3 rings (SSSR count). The number of fused-ring (bicyclic) bond motifs is 1. The zero-order valence-electron chi connectivity index (χ0n) is 14.0. The SMILES string of the molecule is CCOc1ncccc1C(=O)NC(C)c1ccc2c(c1)NC(=O)CO2. The lowest BCUT2D eigenvalue weighted by atomic mass is 10.1. The van der Waals surface area contributed by atoms with Crippen LogP contribution in [0.1, 0.15) is 35.8 Å². The normalized spacial score (nSPS) is 13.9. The number of benzene rings is 1. The number of hydrogen-bond donors (Lipinski definition) is 2. The zero-order chi connectivity index (χ0) is 17.8. The summed E-state index contributed by atoms with van der Waals surface area (Å²) < 4.78 is 10.7. The molecule has 1 aliphatic rings. The molecule has 2 heterocycles. The molecule has 2 amide bonds. The van der Waals surface area contributed by atoms with Crippen LogP contribution in [0.3, 0.4) is 0 Å². The van der Waals surface area contributed by atoms with Crippen LogP contribution in [0.2, 0.25) is 0 Å². The summed E-state index contributed by atoms with van der Waals surface area (Å²) >= 11 is 0. The van der Waals surface area contributed by atoms with Crippen molar-refractivity contribution in [3.05, 3.63) is 47.7 Å². The van der Waals surface area contributed by atoms with Crippen molar-refractivity contribution >= 4 is 17.5 Å². The van der Waals surface area contributed by atoms with E-state index < -0.39 is 0 Å². The highest BCUT2D eigenvalue weighted by Crippen LogP contribution is 2.30. The molecule has 7 nitrogen and oxygen atoms in total. The molecule has 2 N–H and O–H groups in total. The average molecular weight is 341 g/mol. The van der Waals surface area contributed by atoms with E-state index >= 15 is 0 Å². The van der Waals surface area contributed by atoms with E-state index in [1.807, 2.05) is 19.9 Å². The molecule has 0 saturated heterocycles. The van der Waals surface area contributed by atoms with Crippen LogP contribution < -0.4 is 20.1 Å². The summed E-state index contributed by atoms with van der Waals surface area (Å²) in [5.74, 6) is 0.452. The Morgan fingerprint density at radius 3 is 3.08 bits per heavy atom. The Labute approximate surface area is 145 Å². The third kappa shape index (κ3) is 3.71. The van der Waals surface area contributed by atoms with Crippen molar-refractivity contribution in [2.24, 2.45) is 0 Å². The van der Waals surface area contributed by atoms with Gasteiger partial charge in [-0.2, -0.15) is 0 Å². The number of carbonyl (C=O) groups is 2. The first-order valence-corrected chi connectivity index (χ1v) is 8.03. The minimum atomic E-state index is -0.276. The first-order valence-electron chi connectivity index (χ1n) is 8.03. The average Bonchev–Trinajstić information content (AvgIpc) is 2.61. The van der Waals surface area contributed by atoms with Crippen LogP contribution in [0.25, 0.3) is 0 Å². The molecule has 1 unspecified atom stereocenters. The summed E-state index contributed by atoms with van der Waals surface area (Å²) in [7, 11) is 0. The van der Waals surface area contributed by atoms with Crippen LogP contribution in [-0.4, -0.2) is 30.0 Å². The van der Waals surface area contributed by atoms with Crippen LogP contribution in [0.5, 0.6) is 11.6 Å². The third-order valence-corrected chi connectivity index (χ3v) is 3.78. The number of aromatic nitrogens is 1. The molecule has 25 heavy (non-hydrogen) atoms. The number of nitrogens with one attached hydrogen (secondary N) is 2. The topological polar surface area (TPSA) is 89.5 Å². The van der Waals surface area contributed by atoms with Gasteiger partial charge >= 0.3 is 0 Å². The molecule has 1 aliphatic heterocycles. The first kappa shape index (κ1) is 16.8. The summed E-state index contributed by atoms with van der Waals surface area (Å²) in [6.07, 6.45) is 1.58. The number of amides is 2. The van der Waals surface area contributed by atoms with Gasteiger partial charge in [-0.05, 0) is 43.7 Å². The fourth-order valence-electron chi connectivity index (χ4n) is 2.54. The minimum absolute atomic E-state index is 0.0137. The molecular formula is C18H19N3O4. The monoisotopic (exact) mass is 341 g/mol. The Morgan fingerprint density at radius 2 is 2.28 bits per heavy atom. The van der Waals surface area contributed by atoms with Gasteiger partial charge in [-0.15, -0.1) is 0 Å². The van der Waals surface area contributed by atoms with Gasteiger partial charge in [0, 0.05) is 6.20 Å². The van der Waals surface area contributed by atoms with Crippen LogP contribution in [0, 0.1) is 0 Å². The lowest BCUT2D eigenvalue weighted by molar-refractivity contribution is -0.118. The molecule has 130 valence electrons. The lowest BCUT2D eigenvalue weighted by Gasteiger charge is -2.21. The second kappa shape index (κ2) is 7.21. The molecule has 1 aromatic carbocycles. The molecule has 0 saturated carbocycles. The first-order chi connectivity index (χ1) is 12.1. The van der Waals surface area contributed by atoms with Gasteiger partial charge in [0.25, 0.3) is 11.8 Å². The van der Waals surface area contributed by atoms with Gasteiger partial charge in [-0.25, -0.2) is 4.98 Å². The second-order valence-corrected chi connectivity index (χ2v) is 5.58. The maximum atomic E-state index is 12.5. The van der Waals surface area contributed by atoms with E-state index in [0.29, 0.717) is 29.5 Å². The molecule has 0 radical (unpaired) electrons. The second-order valence-electron chi connectivity index (χ2n) is 5.58. The third-order valence-electron chi connectivity index (χ3n) is 3.78. The molecule has 0 bridgehead atoms. The predicted molar refractivity (Wildman–Crippen MR) is 91.9 cm³/mol. The van der Waals surface area contributed by atoms with Crippen molar-refractivity contribution < 1.29 is 19.1 Å². The van der Waals surface area contributed by atoms with Gasteiger partial charge in [0.15, 0.2) is 6.61 Å². The van der Waals surface area contributed by atoms with E-state index in [1.54, 1.807) is 30.5 Å². The molecule has 0 spiro atoms. The number of pyridine rings is 1. The van der Waals surface area contributed by atoms with E-state index in [9.17, 15) is 9.59 Å². The Hall–Kier alpha value is -3.09. The van der Waals surface area contributed by atoms with Gasteiger partial charge in [0.2, 0.25) is 5.88 Å². The van der Waals surface area contributed by atoms with Gasteiger partial charge in [-0.1, -0.05) is 6.07 Å². The van der Waals surface area contributed by atoms with E-state index in [1.165, 1.54) is 0 Å². The van der Waals surface area contributed by atoms with Crippen molar-refractivity contribution in [3.8, 4) is 11.6 Å². The number of rotatable bonds is 5. The molecule has 0 aliphatic carbocycles. The van der Waals surface area contributed by atoms with E-state index in [0.717, 1.165) is 5.56 Å². The fourth-order valence-corrected chi connectivity index (χ4v) is 2.54. The summed E-state index contributed by atoms with van der Waals surface area (Å²) in [6, 6.07) is 8.52. The van der Waals surface area contributed by atoms with E-state index in [2.05, 4.69) is 15.6 Å². The van der Waals surface area contributed by atoms with Crippen LogP contribution in [-0.2, 0) is 4.79 Å². The quantitative estimate of drug-likeness (QED) is 0.871. The summed E-state index contributed by atoms with van der Waals surface area (Å²) in [6.45, 7) is 4.14. The Kier molecular flexibility index (Phi) is 4.83.